The van der Waals surface area contributed by atoms with Crippen molar-refractivity contribution in [1.29, 1.82) is 0 Å². The molecule has 4 rings (SSSR count). The van der Waals surface area contributed by atoms with Crippen LogP contribution in [0.25, 0.3) is 0 Å². The van der Waals surface area contributed by atoms with Crippen LogP contribution >= 0.6 is 0 Å². The molecule has 1 spiro atoms. The van der Waals surface area contributed by atoms with Crippen molar-refractivity contribution in [2.24, 2.45) is 5.92 Å². The summed E-state index contributed by atoms with van der Waals surface area (Å²) in [6.45, 7) is 3.92. The molecule has 4 amide bonds. The van der Waals surface area contributed by atoms with Crippen molar-refractivity contribution in [3.63, 3.8) is 0 Å². The van der Waals surface area contributed by atoms with Gasteiger partial charge in [-0.2, -0.15) is 0 Å². The van der Waals surface area contributed by atoms with Crippen molar-refractivity contribution in [1.82, 2.24) is 20.0 Å². The first kappa shape index (κ1) is 19.9. The summed E-state index contributed by atoms with van der Waals surface area (Å²) in [6, 6.07) is 9.44. The molecule has 1 aromatic carbocycles. The number of likely N-dealkylation sites (N-methyl/N-ethyl adjacent to an activating group) is 1. The van der Waals surface area contributed by atoms with Gasteiger partial charge in [0.1, 0.15) is 12.1 Å². The number of benzene rings is 1. The van der Waals surface area contributed by atoms with Crippen LogP contribution in [0, 0.1) is 5.92 Å². The quantitative estimate of drug-likeness (QED) is 0.791. The summed E-state index contributed by atoms with van der Waals surface area (Å²) in [4.78, 5) is 44.2. The Kier molecular flexibility index (Phi) is 5.34. The second-order valence-corrected chi connectivity index (χ2v) is 8.72. The molecule has 1 saturated carbocycles. The van der Waals surface area contributed by atoms with E-state index < -0.39 is 11.6 Å². The molecule has 2 aliphatic heterocycles. The maximum absolute atomic E-state index is 13.2. The lowest BCUT2D eigenvalue weighted by Gasteiger charge is -2.41. The van der Waals surface area contributed by atoms with E-state index in [1.54, 1.807) is 0 Å². The minimum absolute atomic E-state index is 0.0780. The van der Waals surface area contributed by atoms with Gasteiger partial charge in [0.25, 0.3) is 5.91 Å². The number of imide groups is 1. The summed E-state index contributed by atoms with van der Waals surface area (Å²) in [5, 5.41) is 2.94. The van der Waals surface area contributed by atoms with Gasteiger partial charge in [0.15, 0.2) is 0 Å². The first-order valence-corrected chi connectivity index (χ1v) is 10.6. The highest BCUT2D eigenvalue weighted by Crippen LogP contribution is 2.38. The van der Waals surface area contributed by atoms with Crippen LogP contribution < -0.4 is 5.32 Å². The summed E-state index contributed by atoms with van der Waals surface area (Å²) in [5.74, 6) is -0.307. The van der Waals surface area contributed by atoms with Crippen LogP contribution in [0.2, 0.25) is 0 Å². The average Bonchev–Trinajstić information content (AvgIpc) is 2.95. The number of carbonyl (C=O) groups is 3. The third-order valence-corrected chi connectivity index (χ3v) is 6.88. The van der Waals surface area contributed by atoms with E-state index in [-0.39, 0.29) is 30.3 Å². The lowest BCUT2D eigenvalue weighted by Crippen LogP contribution is -2.55. The summed E-state index contributed by atoms with van der Waals surface area (Å²) >= 11 is 0. The predicted octanol–water partition coefficient (Wildman–Crippen LogP) is 2.00. The molecule has 7 heteroatoms. The highest BCUT2D eigenvalue weighted by molar-refractivity contribution is 6.09. The molecule has 1 aromatic rings. The van der Waals surface area contributed by atoms with E-state index in [0.717, 1.165) is 42.8 Å². The van der Waals surface area contributed by atoms with Gasteiger partial charge in [-0.3, -0.25) is 14.5 Å². The Balaban J connectivity index is 1.52. The van der Waals surface area contributed by atoms with Crippen molar-refractivity contribution in [3.8, 4) is 0 Å². The first-order chi connectivity index (χ1) is 13.9. The number of amides is 4. The van der Waals surface area contributed by atoms with Crippen LogP contribution in [-0.2, 0) is 9.59 Å². The molecule has 2 heterocycles. The minimum atomic E-state index is -0.823. The molecule has 3 fully saturated rings. The van der Waals surface area contributed by atoms with Crippen molar-refractivity contribution < 1.29 is 14.4 Å². The zero-order valence-electron chi connectivity index (χ0n) is 17.3. The molecule has 1 aliphatic carbocycles. The van der Waals surface area contributed by atoms with Crippen LogP contribution in [0.5, 0.6) is 0 Å². The number of hydrogen-bond donors (Lipinski definition) is 1. The fraction of sp³-hybridized carbons (Fsp3) is 0.591. The molecule has 0 aromatic heterocycles. The Bertz CT molecular complexity index is 799. The molecular formula is C22H30N4O3. The van der Waals surface area contributed by atoms with Gasteiger partial charge >= 0.3 is 6.03 Å². The van der Waals surface area contributed by atoms with Gasteiger partial charge in [-0.05, 0) is 31.4 Å². The molecule has 3 unspecified atom stereocenters. The van der Waals surface area contributed by atoms with Crippen LogP contribution in [0.1, 0.15) is 44.2 Å². The van der Waals surface area contributed by atoms with Gasteiger partial charge in [0.2, 0.25) is 5.91 Å². The van der Waals surface area contributed by atoms with Crippen LogP contribution in [0.3, 0.4) is 0 Å². The Morgan fingerprint density at radius 2 is 1.93 bits per heavy atom. The van der Waals surface area contributed by atoms with E-state index in [1.807, 2.05) is 49.2 Å². The van der Waals surface area contributed by atoms with E-state index in [2.05, 4.69) is 10.2 Å². The predicted molar refractivity (Wildman–Crippen MR) is 109 cm³/mol. The molecule has 156 valence electrons. The number of nitrogens with zero attached hydrogens (tertiary/aromatic N) is 3. The molecule has 1 N–H and O–H groups in total. The number of piperazine rings is 1. The third kappa shape index (κ3) is 3.52. The van der Waals surface area contributed by atoms with Crippen molar-refractivity contribution in [2.75, 3.05) is 33.2 Å². The highest BCUT2D eigenvalue weighted by atomic mass is 16.2. The van der Waals surface area contributed by atoms with Crippen LogP contribution in [0.15, 0.2) is 30.3 Å². The molecule has 2 saturated heterocycles. The lowest BCUT2D eigenvalue weighted by molar-refractivity contribution is -0.143. The Morgan fingerprint density at radius 3 is 2.66 bits per heavy atom. The fourth-order valence-corrected chi connectivity index (χ4v) is 5.04. The fourth-order valence-electron chi connectivity index (χ4n) is 5.04. The van der Waals surface area contributed by atoms with E-state index >= 15 is 0 Å². The average molecular weight is 399 g/mol. The van der Waals surface area contributed by atoms with Crippen molar-refractivity contribution in [2.45, 2.75) is 44.2 Å². The molecule has 0 radical (unpaired) electrons. The first-order valence-electron chi connectivity index (χ1n) is 10.6. The minimum Gasteiger partial charge on any atom is -0.332 e. The zero-order valence-corrected chi connectivity index (χ0v) is 17.3. The van der Waals surface area contributed by atoms with Gasteiger partial charge in [-0.15, -0.1) is 0 Å². The molecule has 0 bridgehead atoms. The van der Waals surface area contributed by atoms with Crippen LogP contribution in [0.4, 0.5) is 4.79 Å². The van der Waals surface area contributed by atoms with Gasteiger partial charge < -0.3 is 15.1 Å². The lowest BCUT2D eigenvalue weighted by atomic mass is 9.73. The number of carbonyl (C=O) groups excluding carboxylic acids is 3. The van der Waals surface area contributed by atoms with E-state index in [1.165, 1.54) is 0 Å². The monoisotopic (exact) mass is 398 g/mol. The van der Waals surface area contributed by atoms with E-state index in [4.69, 9.17) is 0 Å². The van der Waals surface area contributed by atoms with Gasteiger partial charge in [0, 0.05) is 19.6 Å². The standard InChI is InChI=1S/C22H30N4O3/c1-16-8-6-7-11-22(16)20(28)26(21(29)23-22)15-19(27)25-13-12-24(2)14-18(25)17-9-4-3-5-10-17/h3-5,9-10,16,18H,6-8,11-15H2,1-2H3,(H,23,29). The van der Waals surface area contributed by atoms with E-state index in [0.29, 0.717) is 13.0 Å². The topological polar surface area (TPSA) is 73.0 Å². The SMILES string of the molecule is CC1CCCCC12NC(=O)N(CC(=O)N1CCN(C)CC1c1ccccc1)C2=O. The molecular weight excluding hydrogens is 368 g/mol. The second-order valence-electron chi connectivity index (χ2n) is 8.72. The maximum Gasteiger partial charge on any atom is 0.325 e. The van der Waals surface area contributed by atoms with Gasteiger partial charge in [-0.1, -0.05) is 50.1 Å². The third-order valence-electron chi connectivity index (χ3n) is 6.88. The Hall–Kier alpha value is -2.41. The summed E-state index contributed by atoms with van der Waals surface area (Å²) in [6.07, 6.45) is 3.57. The number of urea groups is 1. The maximum atomic E-state index is 13.2. The number of rotatable bonds is 3. The molecule has 3 atom stereocenters. The van der Waals surface area contributed by atoms with Crippen molar-refractivity contribution in [3.05, 3.63) is 35.9 Å². The Labute approximate surface area is 172 Å². The van der Waals surface area contributed by atoms with Crippen molar-refractivity contribution >= 4 is 17.8 Å². The summed E-state index contributed by atoms with van der Waals surface area (Å²) in [7, 11) is 2.05. The molecule has 29 heavy (non-hydrogen) atoms. The summed E-state index contributed by atoms with van der Waals surface area (Å²) in [5.41, 5.74) is 0.248. The largest absolute Gasteiger partial charge is 0.332 e. The summed E-state index contributed by atoms with van der Waals surface area (Å²) < 4.78 is 0. The Morgan fingerprint density at radius 1 is 1.17 bits per heavy atom. The molecule has 7 nitrogen and oxygen atoms in total. The van der Waals surface area contributed by atoms with Crippen LogP contribution in [-0.4, -0.2) is 71.3 Å². The van der Waals surface area contributed by atoms with Gasteiger partial charge in [0.05, 0.1) is 6.04 Å². The zero-order chi connectivity index (χ0) is 20.6. The van der Waals surface area contributed by atoms with E-state index in [9.17, 15) is 14.4 Å². The number of hydrogen-bond acceptors (Lipinski definition) is 4. The second kappa shape index (κ2) is 7.78. The smallest absolute Gasteiger partial charge is 0.325 e. The number of nitrogens with one attached hydrogen (secondary N) is 1. The molecule has 3 aliphatic rings. The normalized spacial score (nSPS) is 30.7. The highest BCUT2D eigenvalue weighted by Gasteiger charge is 2.55. The van der Waals surface area contributed by atoms with Gasteiger partial charge in [-0.25, -0.2) is 4.79 Å².